The average Bonchev–Trinajstić information content (AvgIpc) is 3.18. The Morgan fingerprint density at radius 1 is 0.703 bits per heavy atom. The van der Waals surface area contributed by atoms with E-state index >= 15 is 0 Å². The molecule has 0 saturated carbocycles. The predicted octanol–water partition coefficient (Wildman–Crippen LogP) is 7.02. The van der Waals surface area contributed by atoms with Gasteiger partial charge in [-0.15, -0.1) is 0 Å². The number of urea groups is 2. The zero-order valence-corrected chi connectivity index (χ0v) is 36.6. The second-order valence-corrected chi connectivity index (χ2v) is 17.7. The summed E-state index contributed by atoms with van der Waals surface area (Å²) in [7, 11) is -9.76. The van der Waals surface area contributed by atoms with Gasteiger partial charge in [0, 0.05) is 45.6 Å². The van der Waals surface area contributed by atoms with Crippen molar-refractivity contribution in [3.63, 3.8) is 0 Å². The van der Waals surface area contributed by atoms with E-state index in [0.717, 1.165) is 11.1 Å². The molecule has 0 unspecified atom stereocenters. The number of carboxylic acid groups (broad SMARTS) is 2. The highest BCUT2D eigenvalue weighted by Crippen LogP contribution is 2.44. The molecule has 4 amide bonds. The van der Waals surface area contributed by atoms with Gasteiger partial charge in [-0.25, -0.2) is 14.6 Å². The van der Waals surface area contributed by atoms with Crippen LogP contribution in [0.4, 0.5) is 38.0 Å². The van der Waals surface area contributed by atoms with Crippen molar-refractivity contribution in [2.45, 2.75) is 51.3 Å². The lowest BCUT2D eigenvalue weighted by Gasteiger charge is -2.23. The molecule has 19 nitrogen and oxygen atoms in total. The standard InChI is InChI=1S/C43H42N6O13S2/c1-20-15-21(2)38(47-42(44)54)22(3)37(20)45-26-11-13-28-31(16-26)62-32-17-27(12-14-29(32)36(28)30-9-7-8-10-33(30)63(56,57)58)46-39-23(4)40(25(6)41(24(39)5)64(59,60)61)48-43(55)49(18-34(50)51)19-35(52)53/h7-17,45H,18-19H2,1-6H3,(H,48,55)(H,50,51)(H,52,53)(H3,44,47,54)(H,56,57,58)(H,59,60,61). The van der Waals surface area contributed by atoms with Gasteiger partial charge in [-0.3, -0.25) is 18.7 Å². The molecule has 21 heteroatoms. The molecule has 334 valence electrons. The molecular formula is C43H42N6O13S2. The zero-order chi connectivity index (χ0) is 47.2. The molecule has 2 aliphatic rings. The first kappa shape index (κ1) is 46.2. The number of fused-ring (bicyclic) bond motifs is 2. The molecule has 0 atom stereocenters. The first-order chi connectivity index (χ1) is 29.9. The van der Waals surface area contributed by atoms with Crippen LogP contribution in [0.25, 0.3) is 33.4 Å². The maximum Gasteiger partial charge on any atom is 0.323 e. The molecule has 0 bridgehead atoms. The molecule has 4 aromatic carbocycles. The summed E-state index contributed by atoms with van der Waals surface area (Å²) in [6, 6.07) is 15.5. The predicted molar refractivity (Wildman–Crippen MR) is 237 cm³/mol. The molecule has 0 fully saturated rings. The Hall–Kier alpha value is -7.33. The van der Waals surface area contributed by atoms with Crippen molar-refractivity contribution in [3.05, 3.63) is 105 Å². The number of nitrogens with one attached hydrogen (secondary N) is 3. The van der Waals surface area contributed by atoms with Gasteiger partial charge in [0.25, 0.3) is 20.2 Å². The third-order valence-corrected chi connectivity index (χ3v) is 12.5. The number of anilines is 4. The number of hydrogen-bond acceptors (Lipinski definition) is 11. The molecule has 6 rings (SSSR count). The van der Waals surface area contributed by atoms with Gasteiger partial charge in [-0.2, -0.15) is 16.8 Å². The number of benzene rings is 5. The van der Waals surface area contributed by atoms with Crippen molar-refractivity contribution >= 4 is 83.6 Å². The maximum atomic E-state index is 13.3. The van der Waals surface area contributed by atoms with Crippen LogP contribution in [0.2, 0.25) is 0 Å². The second-order valence-electron chi connectivity index (χ2n) is 14.9. The summed E-state index contributed by atoms with van der Waals surface area (Å²) in [5, 5.41) is 27.6. The molecular weight excluding hydrogens is 873 g/mol. The largest absolute Gasteiger partial charge is 0.480 e. The fraction of sp³-hybridized carbons (Fsp3) is 0.186. The summed E-state index contributed by atoms with van der Waals surface area (Å²) in [6.45, 7) is 7.64. The Bertz CT molecular complexity index is 3220. The van der Waals surface area contributed by atoms with Crippen LogP contribution in [-0.2, 0) is 29.8 Å². The van der Waals surface area contributed by atoms with E-state index in [-0.39, 0.29) is 55.2 Å². The summed E-state index contributed by atoms with van der Waals surface area (Å²) < 4.78 is 78.3. The van der Waals surface area contributed by atoms with E-state index in [1.54, 1.807) is 30.3 Å². The van der Waals surface area contributed by atoms with E-state index < -0.39 is 62.2 Å². The molecule has 0 radical (unpaired) electrons. The van der Waals surface area contributed by atoms with Gasteiger partial charge >= 0.3 is 24.0 Å². The van der Waals surface area contributed by atoms with Crippen molar-refractivity contribution in [3.8, 4) is 22.5 Å². The minimum Gasteiger partial charge on any atom is -0.480 e. The molecule has 9 N–H and O–H groups in total. The van der Waals surface area contributed by atoms with Crippen LogP contribution >= 0.6 is 0 Å². The van der Waals surface area contributed by atoms with Gasteiger partial charge in [-0.05, 0) is 105 Å². The SMILES string of the molecule is Cc1cc(C)c(Nc2ccc3c(-c4ccccc4S(=O)(=O)O)c4ccc(=Nc5c(C)c(NC(=O)N(CC(=O)O)CC(=O)O)c(C)c(S(=O)(=O)O)c5C)cc-4oc3c2)c(C)c1NC(N)=O. The molecule has 1 heterocycles. The first-order valence-electron chi connectivity index (χ1n) is 19.0. The first-order valence-corrected chi connectivity index (χ1v) is 21.9. The van der Waals surface area contributed by atoms with Crippen LogP contribution < -0.4 is 27.0 Å². The summed E-state index contributed by atoms with van der Waals surface area (Å²) in [5.74, 6) is -2.88. The second kappa shape index (κ2) is 17.4. The van der Waals surface area contributed by atoms with Gasteiger partial charge in [0.1, 0.15) is 34.2 Å². The molecule has 4 aromatic rings. The smallest absolute Gasteiger partial charge is 0.323 e. The molecule has 0 spiro atoms. The normalized spacial score (nSPS) is 12.0. The highest BCUT2D eigenvalue weighted by atomic mass is 32.2. The molecule has 1 aliphatic carbocycles. The quantitative estimate of drug-likeness (QED) is 0.0452. The highest BCUT2D eigenvalue weighted by molar-refractivity contribution is 7.86. The third-order valence-electron chi connectivity index (χ3n) is 10.4. The maximum absolute atomic E-state index is 13.3. The van der Waals surface area contributed by atoms with E-state index in [9.17, 15) is 55.3 Å². The summed E-state index contributed by atoms with van der Waals surface area (Å²) >= 11 is 0. The number of hydrogen-bond donors (Lipinski definition) is 8. The molecule has 64 heavy (non-hydrogen) atoms. The lowest BCUT2D eigenvalue weighted by Crippen LogP contribution is -2.42. The fourth-order valence-corrected chi connectivity index (χ4v) is 9.49. The van der Waals surface area contributed by atoms with E-state index in [0.29, 0.717) is 44.0 Å². The van der Waals surface area contributed by atoms with Gasteiger partial charge in [0.15, 0.2) is 0 Å². The van der Waals surface area contributed by atoms with E-state index in [4.69, 9.17) is 15.1 Å². The number of primary amides is 1. The van der Waals surface area contributed by atoms with E-state index in [1.165, 1.54) is 51.1 Å². The van der Waals surface area contributed by atoms with Crippen molar-refractivity contribution in [2.24, 2.45) is 10.7 Å². The summed E-state index contributed by atoms with van der Waals surface area (Å²) in [5.41, 5.74) is 10.3. The van der Waals surface area contributed by atoms with Gasteiger partial charge < -0.3 is 41.2 Å². The van der Waals surface area contributed by atoms with E-state index in [1.807, 2.05) is 26.8 Å². The minimum absolute atomic E-state index is 0.0339. The third kappa shape index (κ3) is 9.37. The zero-order valence-electron chi connectivity index (χ0n) is 35.0. The monoisotopic (exact) mass is 914 g/mol. The number of amides is 4. The van der Waals surface area contributed by atoms with Gasteiger partial charge in [0.2, 0.25) is 0 Å². The van der Waals surface area contributed by atoms with Crippen molar-refractivity contribution in [1.29, 1.82) is 0 Å². The molecule has 1 aliphatic heterocycles. The topological polar surface area (TPSA) is 308 Å². The minimum atomic E-state index is -5.00. The number of aliphatic carboxylic acids is 2. The Morgan fingerprint density at radius 2 is 1.34 bits per heavy atom. The number of nitrogens with zero attached hydrogens (tertiary/aromatic N) is 2. The van der Waals surface area contributed by atoms with Crippen LogP contribution in [0, 0.1) is 41.5 Å². The number of rotatable bonds is 12. The lowest BCUT2D eigenvalue weighted by molar-refractivity contribution is -0.140. The molecule has 0 saturated heterocycles. The Kier molecular flexibility index (Phi) is 12.6. The van der Waals surface area contributed by atoms with Crippen LogP contribution in [0.15, 0.2) is 85.9 Å². The lowest BCUT2D eigenvalue weighted by atomic mass is 9.93. The van der Waals surface area contributed by atoms with Crippen LogP contribution in [0.1, 0.15) is 33.4 Å². The number of carboxylic acids is 2. The van der Waals surface area contributed by atoms with Crippen molar-refractivity contribution in [1.82, 2.24) is 4.90 Å². The van der Waals surface area contributed by atoms with Gasteiger partial charge in [0.05, 0.1) is 22.4 Å². The average molecular weight is 915 g/mol. The highest BCUT2D eigenvalue weighted by Gasteiger charge is 2.29. The van der Waals surface area contributed by atoms with Crippen molar-refractivity contribution in [2.75, 3.05) is 29.0 Å². The molecule has 0 aromatic heterocycles. The Balaban J connectivity index is 1.60. The van der Waals surface area contributed by atoms with Crippen LogP contribution in [0.5, 0.6) is 0 Å². The number of aryl methyl sites for hydroxylation is 2. The Labute approximate surface area is 366 Å². The van der Waals surface area contributed by atoms with Crippen LogP contribution in [0.3, 0.4) is 0 Å². The number of carbonyl (C=O) groups excluding carboxylic acids is 2. The fourth-order valence-electron chi connectivity index (χ4n) is 7.82. The van der Waals surface area contributed by atoms with E-state index in [2.05, 4.69) is 16.0 Å². The summed E-state index contributed by atoms with van der Waals surface area (Å²) in [4.78, 5) is 52.2. The van der Waals surface area contributed by atoms with Crippen molar-refractivity contribution < 1.29 is 59.7 Å². The van der Waals surface area contributed by atoms with Crippen LogP contribution in [-0.4, -0.2) is 78.1 Å². The number of nitrogens with two attached hydrogens (primary N) is 1. The summed E-state index contributed by atoms with van der Waals surface area (Å²) in [6.07, 6.45) is 0. The Morgan fingerprint density at radius 3 is 1.95 bits per heavy atom. The van der Waals surface area contributed by atoms with Gasteiger partial charge in [-0.1, -0.05) is 24.3 Å². The number of carbonyl (C=O) groups is 4.